The van der Waals surface area contributed by atoms with Crippen molar-refractivity contribution < 1.29 is 19.4 Å². The van der Waals surface area contributed by atoms with E-state index in [4.69, 9.17) is 9.84 Å². The lowest BCUT2D eigenvalue weighted by atomic mass is 9.98. The molecular formula is C26H20N2O4S. The van der Waals surface area contributed by atoms with Crippen molar-refractivity contribution in [2.45, 2.75) is 12.5 Å². The van der Waals surface area contributed by atoms with Gasteiger partial charge in [0.25, 0.3) is 0 Å². The molecule has 0 unspecified atom stereocenters. The Hall–Kier alpha value is -3.97. The number of ether oxygens (including phenoxy) is 1. The summed E-state index contributed by atoms with van der Waals surface area (Å²) in [6.07, 6.45) is -0.482. The fraction of sp³-hybridized carbons (Fsp3) is 0.115. The molecule has 0 bridgehead atoms. The van der Waals surface area contributed by atoms with Crippen LogP contribution >= 0.6 is 11.3 Å². The Labute approximate surface area is 194 Å². The fourth-order valence-electron chi connectivity index (χ4n) is 4.14. The number of amides is 1. The van der Waals surface area contributed by atoms with Crippen LogP contribution in [0.5, 0.6) is 0 Å². The second kappa shape index (κ2) is 8.88. The van der Waals surface area contributed by atoms with Crippen molar-refractivity contribution in [2.24, 2.45) is 0 Å². The topological polar surface area (TPSA) is 88.5 Å². The number of carboxylic acids is 1. The highest BCUT2D eigenvalue weighted by atomic mass is 32.1. The van der Waals surface area contributed by atoms with Crippen LogP contribution in [0.1, 0.15) is 33.1 Å². The van der Waals surface area contributed by atoms with Gasteiger partial charge < -0.3 is 15.2 Å². The van der Waals surface area contributed by atoms with Gasteiger partial charge in [-0.25, -0.2) is 14.6 Å². The van der Waals surface area contributed by atoms with Crippen molar-refractivity contribution >= 4 is 23.4 Å². The number of hydrogen-bond acceptors (Lipinski definition) is 5. The number of alkyl carbamates (subject to hydrolysis) is 1. The van der Waals surface area contributed by atoms with Crippen molar-refractivity contribution in [1.82, 2.24) is 10.3 Å². The van der Waals surface area contributed by atoms with Gasteiger partial charge in [-0.3, -0.25) is 0 Å². The van der Waals surface area contributed by atoms with E-state index >= 15 is 0 Å². The summed E-state index contributed by atoms with van der Waals surface area (Å²) < 4.78 is 5.58. The molecule has 0 spiro atoms. The molecule has 0 aliphatic heterocycles. The Balaban J connectivity index is 1.22. The highest BCUT2D eigenvalue weighted by Crippen LogP contribution is 2.44. The van der Waals surface area contributed by atoms with E-state index in [0.717, 1.165) is 11.1 Å². The van der Waals surface area contributed by atoms with Gasteiger partial charge >= 0.3 is 12.1 Å². The van der Waals surface area contributed by atoms with E-state index in [9.17, 15) is 9.59 Å². The number of aromatic carboxylic acids is 1. The van der Waals surface area contributed by atoms with Gasteiger partial charge in [0, 0.05) is 23.4 Å². The number of thiazole rings is 1. The summed E-state index contributed by atoms with van der Waals surface area (Å²) in [5.74, 6) is -1.04. The Bertz CT molecular complexity index is 1300. The van der Waals surface area contributed by atoms with Gasteiger partial charge in [-0.05, 0) is 33.9 Å². The minimum atomic E-state index is -1.05. The Morgan fingerprint density at radius 1 is 0.970 bits per heavy atom. The summed E-state index contributed by atoms with van der Waals surface area (Å²) in [5.41, 5.74) is 6.41. The average molecular weight is 457 g/mol. The van der Waals surface area contributed by atoms with Crippen LogP contribution in [0.2, 0.25) is 0 Å². The lowest BCUT2D eigenvalue weighted by Gasteiger charge is -2.14. The minimum absolute atomic E-state index is 0.0137. The second-order valence-corrected chi connectivity index (χ2v) is 8.58. The van der Waals surface area contributed by atoms with E-state index < -0.39 is 12.1 Å². The first-order valence-electron chi connectivity index (χ1n) is 10.5. The van der Waals surface area contributed by atoms with Gasteiger partial charge in [0.15, 0.2) is 5.69 Å². The lowest BCUT2D eigenvalue weighted by Crippen LogP contribution is -2.25. The first-order valence-corrected chi connectivity index (χ1v) is 11.3. The molecule has 0 saturated carbocycles. The molecule has 1 heterocycles. The maximum absolute atomic E-state index is 12.4. The number of aromatic nitrogens is 1. The molecule has 164 valence electrons. The number of carbonyl (C=O) groups is 2. The van der Waals surface area contributed by atoms with E-state index in [0.29, 0.717) is 11.6 Å². The smallest absolute Gasteiger partial charge is 0.407 e. The van der Waals surface area contributed by atoms with Crippen LogP contribution in [0.25, 0.3) is 21.7 Å². The summed E-state index contributed by atoms with van der Waals surface area (Å²) in [5, 5.41) is 14.0. The monoisotopic (exact) mass is 456 g/mol. The molecule has 6 nitrogen and oxygen atoms in total. The molecule has 1 amide bonds. The SMILES string of the molecule is O=C(NCc1cccc(-c2nc(C(=O)O)cs2)c1)OCC1c2ccccc2-c2ccccc21. The lowest BCUT2D eigenvalue weighted by molar-refractivity contribution is 0.0691. The molecule has 1 aliphatic rings. The van der Waals surface area contributed by atoms with E-state index in [2.05, 4.69) is 34.6 Å². The standard InChI is InChI=1S/C26H20N2O4S/c29-25(30)23-15-33-24(28-23)17-7-5-6-16(12-17)13-27-26(31)32-14-22-20-10-3-1-8-18(20)19-9-2-4-11-21(19)22/h1-12,15,22H,13-14H2,(H,27,31)(H,29,30). The maximum Gasteiger partial charge on any atom is 0.407 e. The summed E-state index contributed by atoms with van der Waals surface area (Å²) in [7, 11) is 0. The van der Waals surface area contributed by atoms with Gasteiger partial charge in [0.2, 0.25) is 0 Å². The molecule has 2 N–H and O–H groups in total. The van der Waals surface area contributed by atoms with Gasteiger partial charge in [-0.1, -0.05) is 66.7 Å². The third-order valence-corrected chi connectivity index (χ3v) is 6.57. The summed E-state index contributed by atoms with van der Waals surface area (Å²) in [6.45, 7) is 0.554. The van der Waals surface area contributed by atoms with Crippen LogP contribution < -0.4 is 5.32 Å². The molecule has 0 saturated heterocycles. The van der Waals surface area contributed by atoms with Crippen molar-refractivity contribution in [3.05, 3.63) is 101 Å². The average Bonchev–Trinajstić information content (AvgIpc) is 3.46. The second-order valence-electron chi connectivity index (χ2n) is 7.72. The number of fused-ring (bicyclic) bond motifs is 3. The maximum atomic E-state index is 12.4. The molecule has 1 aromatic heterocycles. The Kier molecular flexibility index (Phi) is 5.62. The molecular weight excluding hydrogens is 436 g/mol. The van der Waals surface area contributed by atoms with Crippen molar-refractivity contribution in [3.8, 4) is 21.7 Å². The first kappa shape index (κ1) is 20.9. The summed E-state index contributed by atoms with van der Waals surface area (Å²) >= 11 is 1.27. The third-order valence-electron chi connectivity index (χ3n) is 5.68. The van der Waals surface area contributed by atoms with Crippen LogP contribution in [-0.4, -0.2) is 28.8 Å². The predicted octanol–water partition coefficient (Wildman–Crippen LogP) is 5.55. The summed E-state index contributed by atoms with van der Waals surface area (Å²) in [4.78, 5) is 27.6. The van der Waals surface area contributed by atoms with Crippen LogP contribution in [0, 0.1) is 0 Å². The van der Waals surface area contributed by atoms with Crippen LogP contribution in [0.3, 0.4) is 0 Å². The zero-order valence-corrected chi connectivity index (χ0v) is 18.3. The molecule has 1 aliphatic carbocycles. The first-order chi connectivity index (χ1) is 16.1. The van der Waals surface area contributed by atoms with Gasteiger partial charge in [0.1, 0.15) is 11.6 Å². The molecule has 4 aromatic rings. The largest absolute Gasteiger partial charge is 0.476 e. The van der Waals surface area contributed by atoms with E-state index in [1.54, 1.807) is 0 Å². The Morgan fingerprint density at radius 3 is 2.33 bits per heavy atom. The van der Waals surface area contributed by atoms with Crippen molar-refractivity contribution in [2.75, 3.05) is 6.61 Å². The number of carboxylic acid groups (broad SMARTS) is 1. The molecule has 5 rings (SSSR count). The van der Waals surface area contributed by atoms with Crippen LogP contribution in [0.4, 0.5) is 4.79 Å². The number of rotatable bonds is 6. The molecule has 7 heteroatoms. The van der Waals surface area contributed by atoms with Gasteiger partial charge in [0.05, 0.1) is 0 Å². The number of nitrogens with zero attached hydrogens (tertiary/aromatic N) is 1. The zero-order chi connectivity index (χ0) is 22.8. The minimum Gasteiger partial charge on any atom is -0.476 e. The summed E-state index contributed by atoms with van der Waals surface area (Å²) in [6, 6.07) is 23.9. The molecule has 0 fully saturated rings. The van der Waals surface area contributed by atoms with E-state index in [-0.39, 0.29) is 18.2 Å². The molecule has 0 radical (unpaired) electrons. The van der Waals surface area contributed by atoms with Gasteiger partial charge in [-0.2, -0.15) is 0 Å². The molecule has 3 aromatic carbocycles. The van der Waals surface area contributed by atoms with E-state index in [1.807, 2.05) is 48.5 Å². The van der Waals surface area contributed by atoms with Gasteiger partial charge in [-0.15, -0.1) is 11.3 Å². The Morgan fingerprint density at radius 2 is 1.67 bits per heavy atom. The van der Waals surface area contributed by atoms with E-state index in [1.165, 1.54) is 39.0 Å². The quantitative estimate of drug-likeness (QED) is 0.397. The fourth-order valence-corrected chi connectivity index (χ4v) is 4.93. The number of benzene rings is 3. The zero-order valence-electron chi connectivity index (χ0n) is 17.5. The van der Waals surface area contributed by atoms with Crippen molar-refractivity contribution in [1.29, 1.82) is 0 Å². The third kappa shape index (κ3) is 4.23. The number of nitrogens with one attached hydrogen (secondary N) is 1. The predicted molar refractivity (Wildman–Crippen MR) is 126 cm³/mol. The number of hydrogen-bond donors (Lipinski definition) is 2. The van der Waals surface area contributed by atoms with Crippen LogP contribution in [-0.2, 0) is 11.3 Å². The molecule has 33 heavy (non-hydrogen) atoms. The number of carbonyl (C=O) groups excluding carboxylic acids is 1. The van der Waals surface area contributed by atoms with Crippen LogP contribution in [0.15, 0.2) is 78.2 Å². The highest BCUT2D eigenvalue weighted by molar-refractivity contribution is 7.13. The normalized spacial score (nSPS) is 12.1. The van der Waals surface area contributed by atoms with Crippen molar-refractivity contribution in [3.63, 3.8) is 0 Å². The molecule has 0 atom stereocenters. The highest BCUT2D eigenvalue weighted by Gasteiger charge is 2.28.